The lowest BCUT2D eigenvalue weighted by Crippen LogP contribution is -2.46. The van der Waals surface area contributed by atoms with Crippen LogP contribution in [0.2, 0.25) is 0 Å². The molecule has 1 atom stereocenters. The van der Waals surface area contributed by atoms with E-state index in [0.29, 0.717) is 42.0 Å². The molecule has 4 heterocycles. The minimum absolute atomic E-state index is 0.0964. The van der Waals surface area contributed by atoms with Crippen molar-refractivity contribution in [3.05, 3.63) is 34.2 Å². The van der Waals surface area contributed by atoms with Gasteiger partial charge in [-0.3, -0.25) is 9.78 Å². The number of fused-ring (bicyclic) bond motifs is 3. The first-order valence-electron chi connectivity index (χ1n) is 9.87. The van der Waals surface area contributed by atoms with Gasteiger partial charge in [0.05, 0.1) is 28.5 Å². The number of carbonyl (C=O) groups is 2. The van der Waals surface area contributed by atoms with Gasteiger partial charge in [-0.2, -0.15) is 0 Å². The predicted molar refractivity (Wildman–Crippen MR) is 113 cm³/mol. The highest BCUT2D eigenvalue weighted by Gasteiger charge is 2.40. The number of H-pyrrole nitrogens is 1. The number of amides is 2. The lowest BCUT2D eigenvalue weighted by molar-refractivity contribution is 0.0204. The topological polar surface area (TPSA) is 93.8 Å². The van der Waals surface area contributed by atoms with E-state index in [2.05, 4.69) is 25.9 Å². The molecule has 2 aromatic rings. The van der Waals surface area contributed by atoms with E-state index in [1.807, 2.05) is 6.07 Å². The summed E-state index contributed by atoms with van der Waals surface area (Å²) in [6, 6.07) is 1.83. The molecule has 0 saturated heterocycles. The fourth-order valence-corrected chi connectivity index (χ4v) is 4.37. The Morgan fingerprint density at radius 3 is 2.90 bits per heavy atom. The minimum atomic E-state index is -0.696. The SMILES string of the molecule is CC(C)(C)OC(=O)N1CC2CCOCCOc3cnccc3-c3[nH]c2c(c3Br)C1=O. The minimum Gasteiger partial charge on any atom is -0.489 e. The van der Waals surface area contributed by atoms with Crippen LogP contribution in [0.3, 0.4) is 0 Å². The number of rotatable bonds is 0. The maximum atomic E-state index is 13.3. The summed E-state index contributed by atoms with van der Waals surface area (Å²) in [6.07, 6.45) is 3.31. The molecule has 2 bridgehead atoms. The summed E-state index contributed by atoms with van der Waals surface area (Å²) in [5.41, 5.74) is 2.03. The van der Waals surface area contributed by atoms with E-state index in [1.165, 1.54) is 4.90 Å². The molecule has 30 heavy (non-hydrogen) atoms. The summed E-state index contributed by atoms with van der Waals surface area (Å²) in [4.78, 5) is 34.8. The van der Waals surface area contributed by atoms with Gasteiger partial charge in [0, 0.05) is 36.5 Å². The molecule has 0 fully saturated rings. The normalized spacial score (nSPS) is 19.3. The molecule has 0 aliphatic carbocycles. The van der Waals surface area contributed by atoms with Gasteiger partial charge in [0.25, 0.3) is 5.91 Å². The lowest BCUT2D eigenvalue weighted by atomic mass is 9.93. The third-order valence-corrected chi connectivity index (χ3v) is 5.79. The van der Waals surface area contributed by atoms with E-state index in [1.54, 1.807) is 33.2 Å². The zero-order chi connectivity index (χ0) is 21.5. The Balaban J connectivity index is 1.81. The molecule has 2 aliphatic rings. The monoisotopic (exact) mass is 477 g/mol. The van der Waals surface area contributed by atoms with Crippen molar-refractivity contribution in [2.24, 2.45) is 0 Å². The van der Waals surface area contributed by atoms with Crippen molar-refractivity contribution in [3.8, 4) is 17.0 Å². The molecule has 8 nitrogen and oxygen atoms in total. The fraction of sp³-hybridized carbons (Fsp3) is 0.476. The molecule has 0 spiro atoms. The van der Waals surface area contributed by atoms with Gasteiger partial charge in [-0.05, 0) is 49.2 Å². The Bertz CT molecular complexity index is 982. The third kappa shape index (κ3) is 3.96. The summed E-state index contributed by atoms with van der Waals surface area (Å²) in [5.74, 6) is 0.104. The van der Waals surface area contributed by atoms with Crippen LogP contribution in [0.5, 0.6) is 5.75 Å². The Kier molecular flexibility index (Phi) is 5.59. The van der Waals surface area contributed by atoms with Gasteiger partial charge in [0.15, 0.2) is 0 Å². The van der Waals surface area contributed by atoms with Crippen LogP contribution in [0.4, 0.5) is 4.79 Å². The van der Waals surface area contributed by atoms with E-state index in [4.69, 9.17) is 14.2 Å². The van der Waals surface area contributed by atoms with Gasteiger partial charge in [-0.15, -0.1) is 0 Å². The Labute approximate surface area is 183 Å². The van der Waals surface area contributed by atoms with E-state index >= 15 is 0 Å². The first kappa shape index (κ1) is 20.9. The third-order valence-electron chi connectivity index (χ3n) is 5.00. The standard InChI is InChI=1S/C21H24BrN3O5/c1-21(2,3)30-20(27)25-11-12-5-7-28-8-9-29-14-10-23-6-4-13(14)18-16(22)15(19(25)26)17(12)24-18/h4,6,10,12,24H,5,7-9,11H2,1-3H3. The number of halogens is 1. The van der Waals surface area contributed by atoms with Crippen LogP contribution in [0.25, 0.3) is 11.3 Å². The second kappa shape index (κ2) is 8.03. The summed E-state index contributed by atoms with van der Waals surface area (Å²) in [7, 11) is 0. The highest BCUT2D eigenvalue weighted by atomic mass is 79.9. The quantitative estimate of drug-likeness (QED) is 0.613. The van der Waals surface area contributed by atoms with Crippen molar-refractivity contribution in [1.82, 2.24) is 14.9 Å². The van der Waals surface area contributed by atoms with E-state index in [9.17, 15) is 9.59 Å². The second-order valence-electron chi connectivity index (χ2n) is 8.32. The van der Waals surface area contributed by atoms with Crippen LogP contribution < -0.4 is 4.74 Å². The van der Waals surface area contributed by atoms with Gasteiger partial charge in [0.2, 0.25) is 0 Å². The Morgan fingerprint density at radius 1 is 1.33 bits per heavy atom. The molecule has 4 rings (SSSR count). The number of hydrogen-bond acceptors (Lipinski definition) is 6. The maximum Gasteiger partial charge on any atom is 0.417 e. The van der Waals surface area contributed by atoms with E-state index < -0.39 is 17.6 Å². The number of nitrogens with zero attached hydrogens (tertiary/aromatic N) is 2. The molecule has 160 valence electrons. The van der Waals surface area contributed by atoms with Crippen LogP contribution in [0, 0.1) is 0 Å². The van der Waals surface area contributed by atoms with Crippen molar-refractivity contribution in [2.45, 2.75) is 38.7 Å². The molecule has 9 heteroatoms. The van der Waals surface area contributed by atoms with Crippen molar-refractivity contribution in [1.29, 1.82) is 0 Å². The van der Waals surface area contributed by atoms with Gasteiger partial charge in [-0.25, -0.2) is 9.69 Å². The number of nitrogens with one attached hydrogen (secondary N) is 1. The lowest BCUT2D eigenvalue weighted by Gasteiger charge is -2.32. The number of imide groups is 1. The molecule has 2 aromatic heterocycles. The highest BCUT2D eigenvalue weighted by Crippen LogP contribution is 2.43. The predicted octanol–water partition coefficient (Wildman–Crippen LogP) is 4.11. The van der Waals surface area contributed by atoms with Crippen molar-refractivity contribution >= 4 is 27.9 Å². The number of aromatic nitrogens is 2. The van der Waals surface area contributed by atoms with Gasteiger partial charge in [0.1, 0.15) is 18.0 Å². The Morgan fingerprint density at radius 2 is 2.13 bits per heavy atom. The summed E-state index contributed by atoms with van der Waals surface area (Å²) in [5, 5.41) is 0. The summed E-state index contributed by atoms with van der Waals surface area (Å²) in [6.45, 7) is 6.88. The molecular formula is C21H24BrN3O5. The zero-order valence-corrected chi connectivity index (χ0v) is 18.7. The zero-order valence-electron chi connectivity index (χ0n) is 17.2. The molecule has 0 radical (unpaired) electrons. The summed E-state index contributed by atoms with van der Waals surface area (Å²) < 4.78 is 17.6. The second-order valence-corrected chi connectivity index (χ2v) is 9.11. The molecule has 1 unspecified atom stereocenters. The van der Waals surface area contributed by atoms with Crippen molar-refractivity contribution in [3.63, 3.8) is 0 Å². The van der Waals surface area contributed by atoms with E-state index in [0.717, 1.165) is 17.0 Å². The highest BCUT2D eigenvalue weighted by molar-refractivity contribution is 9.10. The molecular weight excluding hydrogens is 454 g/mol. The van der Waals surface area contributed by atoms with Crippen LogP contribution in [0.15, 0.2) is 22.9 Å². The van der Waals surface area contributed by atoms with Crippen LogP contribution >= 0.6 is 15.9 Å². The molecule has 2 aliphatic heterocycles. The van der Waals surface area contributed by atoms with E-state index in [-0.39, 0.29) is 12.5 Å². The number of carbonyl (C=O) groups excluding carboxylic acids is 2. The number of hydrogen-bond donors (Lipinski definition) is 1. The van der Waals surface area contributed by atoms with Crippen molar-refractivity contribution < 1.29 is 23.8 Å². The van der Waals surface area contributed by atoms with Crippen LogP contribution in [-0.4, -0.2) is 58.8 Å². The molecule has 0 saturated carbocycles. The van der Waals surface area contributed by atoms with Crippen LogP contribution in [-0.2, 0) is 9.47 Å². The summed E-state index contributed by atoms with van der Waals surface area (Å²) >= 11 is 3.59. The van der Waals surface area contributed by atoms with Gasteiger partial charge < -0.3 is 19.2 Å². The smallest absolute Gasteiger partial charge is 0.417 e. The van der Waals surface area contributed by atoms with Gasteiger partial charge in [-0.1, -0.05) is 0 Å². The fourth-order valence-electron chi connectivity index (χ4n) is 3.68. The molecule has 0 aromatic carbocycles. The van der Waals surface area contributed by atoms with Crippen LogP contribution in [0.1, 0.15) is 49.2 Å². The average molecular weight is 478 g/mol. The number of pyridine rings is 1. The first-order chi connectivity index (χ1) is 14.3. The number of ether oxygens (including phenoxy) is 3. The Hall–Kier alpha value is -2.39. The molecule has 2 amide bonds. The number of aromatic amines is 1. The largest absolute Gasteiger partial charge is 0.489 e. The van der Waals surface area contributed by atoms with Crippen molar-refractivity contribution in [2.75, 3.05) is 26.4 Å². The molecule has 1 N–H and O–H groups in total. The average Bonchev–Trinajstić information content (AvgIpc) is 3.02. The van der Waals surface area contributed by atoms with Gasteiger partial charge >= 0.3 is 6.09 Å². The first-order valence-corrected chi connectivity index (χ1v) is 10.7. The maximum absolute atomic E-state index is 13.3.